The molecule has 0 aliphatic heterocycles. The molecule has 1 heterocycles. The molecule has 2 rings (SSSR count). The highest BCUT2D eigenvalue weighted by atomic mass is 79.9. The van der Waals surface area contributed by atoms with Gasteiger partial charge in [-0.15, -0.1) is 22.9 Å². The maximum atomic E-state index is 6.52. The minimum Gasteiger partial charge on any atom is -0.131 e. The van der Waals surface area contributed by atoms with Gasteiger partial charge in [0.15, 0.2) is 0 Å². The fraction of sp³-hybridized carbons (Fsp3) is 0.231. The third kappa shape index (κ3) is 2.87. The van der Waals surface area contributed by atoms with Crippen molar-refractivity contribution < 1.29 is 0 Å². The summed E-state index contributed by atoms with van der Waals surface area (Å²) in [5, 5.41) is 0.640. The largest absolute Gasteiger partial charge is 0.131 e. The quantitative estimate of drug-likeness (QED) is 0.574. The van der Waals surface area contributed by atoms with Gasteiger partial charge in [0, 0.05) is 9.90 Å². The van der Waals surface area contributed by atoms with Crippen molar-refractivity contribution in [3.05, 3.63) is 54.6 Å². The Morgan fingerprint density at radius 2 is 1.88 bits per heavy atom. The molecule has 0 nitrogen and oxygen atoms in total. The van der Waals surface area contributed by atoms with Crippen LogP contribution in [0.4, 0.5) is 0 Å². The second-order valence-electron chi connectivity index (χ2n) is 3.97. The van der Waals surface area contributed by atoms with Gasteiger partial charge >= 0.3 is 0 Å². The number of thiophene rings is 1. The Bertz CT molecular complexity index is 529. The van der Waals surface area contributed by atoms with Crippen molar-refractivity contribution in [1.82, 2.24) is 0 Å². The van der Waals surface area contributed by atoms with Gasteiger partial charge in [0.1, 0.15) is 0 Å². The van der Waals surface area contributed by atoms with E-state index in [1.54, 1.807) is 11.3 Å². The van der Waals surface area contributed by atoms with Crippen LogP contribution >= 0.6 is 50.5 Å². The molecule has 0 fully saturated rings. The van der Waals surface area contributed by atoms with E-state index in [1.807, 2.05) is 25.1 Å². The van der Waals surface area contributed by atoms with E-state index in [-0.39, 0.29) is 5.38 Å². The zero-order chi connectivity index (χ0) is 12.6. The van der Waals surface area contributed by atoms with Gasteiger partial charge in [-0.05, 0) is 64.7 Å². The maximum Gasteiger partial charge on any atom is 0.0930 e. The van der Waals surface area contributed by atoms with Crippen LogP contribution in [0, 0.1) is 13.8 Å². The van der Waals surface area contributed by atoms with Gasteiger partial charge in [-0.2, -0.15) is 0 Å². The van der Waals surface area contributed by atoms with E-state index < -0.39 is 0 Å². The third-order valence-electron chi connectivity index (χ3n) is 2.63. The molecule has 0 amide bonds. The zero-order valence-electron chi connectivity index (χ0n) is 9.43. The molecule has 0 N–H and O–H groups in total. The monoisotopic (exact) mass is 348 g/mol. The Kier molecular flexibility index (Phi) is 4.19. The van der Waals surface area contributed by atoms with Crippen LogP contribution in [0.3, 0.4) is 0 Å². The van der Waals surface area contributed by atoms with E-state index in [2.05, 4.69) is 28.9 Å². The van der Waals surface area contributed by atoms with Gasteiger partial charge in [0.05, 0.1) is 9.16 Å². The number of benzene rings is 1. The summed E-state index contributed by atoms with van der Waals surface area (Å²) in [4.78, 5) is 1.15. The van der Waals surface area contributed by atoms with Gasteiger partial charge < -0.3 is 0 Å². The standard InChI is InChI=1S/C13H11BrCl2S/c1-7-5-9(15)3-4-10(7)12(16)11-6-8(2)13(14)17-11/h3-6,12H,1-2H3. The third-order valence-corrected chi connectivity index (χ3v) is 5.67. The Balaban J connectivity index is 2.39. The Hall–Kier alpha value is -0.0200. The van der Waals surface area contributed by atoms with Crippen LogP contribution in [-0.4, -0.2) is 0 Å². The first kappa shape index (κ1) is 13.4. The van der Waals surface area contributed by atoms with Crippen molar-refractivity contribution in [2.75, 3.05) is 0 Å². The molecule has 90 valence electrons. The lowest BCUT2D eigenvalue weighted by Gasteiger charge is -2.11. The van der Waals surface area contributed by atoms with Crippen molar-refractivity contribution >= 4 is 50.5 Å². The van der Waals surface area contributed by atoms with Crippen LogP contribution < -0.4 is 0 Å². The number of hydrogen-bond acceptors (Lipinski definition) is 1. The molecule has 1 unspecified atom stereocenters. The second-order valence-corrected chi connectivity index (χ2v) is 7.24. The molecule has 0 saturated carbocycles. The summed E-state index contributed by atoms with van der Waals surface area (Å²) in [5.41, 5.74) is 3.46. The second kappa shape index (κ2) is 5.31. The van der Waals surface area contributed by atoms with Crippen molar-refractivity contribution in [3.63, 3.8) is 0 Å². The number of aryl methyl sites for hydroxylation is 2. The summed E-state index contributed by atoms with van der Waals surface area (Å²) in [6.45, 7) is 4.11. The summed E-state index contributed by atoms with van der Waals surface area (Å²) in [7, 11) is 0. The van der Waals surface area contributed by atoms with E-state index in [9.17, 15) is 0 Å². The molecule has 1 aromatic heterocycles. The van der Waals surface area contributed by atoms with Gasteiger partial charge in [0.2, 0.25) is 0 Å². The summed E-state index contributed by atoms with van der Waals surface area (Å²) in [5.74, 6) is 0. The molecule has 2 aromatic rings. The molecule has 0 spiro atoms. The molecule has 1 atom stereocenters. The summed E-state index contributed by atoms with van der Waals surface area (Å²) < 4.78 is 1.14. The van der Waals surface area contributed by atoms with Gasteiger partial charge in [-0.25, -0.2) is 0 Å². The Morgan fingerprint density at radius 3 is 2.41 bits per heavy atom. The van der Waals surface area contributed by atoms with E-state index in [0.717, 1.165) is 24.8 Å². The molecule has 4 heteroatoms. The van der Waals surface area contributed by atoms with Gasteiger partial charge in [-0.3, -0.25) is 0 Å². The number of rotatable bonds is 2. The van der Waals surface area contributed by atoms with Crippen molar-refractivity contribution in [3.8, 4) is 0 Å². The summed E-state index contributed by atoms with van der Waals surface area (Å²) >= 11 is 17.7. The van der Waals surface area contributed by atoms with E-state index in [4.69, 9.17) is 23.2 Å². The van der Waals surface area contributed by atoms with Crippen LogP contribution in [0.5, 0.6) is 0 Å². The fourth-order valence-corrected chi connectivity index (χ4v) is 3.92. The highest BCUT2D eigenvalue weighted by molar-refractivity contribution is 9.11. The van der Waals surface area contributed by atoms with E-state index in [1.165, 1.54) is 5.56 Å². The highest BCUT2D eigenvalue weighted by Crippen LogP contribution is 2.39. The van der Waals surface area contributed by atoms with Crippen molar-refractivity contribution in [1.29, 1.82) is 0 Å². The zero-order valence-corrected chi connectivity index (χ0v) is 13.3. The highest BCUT2D eigenvalue weighted by Gasteiger charge is 2.16. The average molecular weight is 350 g/mol. The summed E-state index contributed by atoms with van der Waals surface area (Å²) in [6.07, 6.45) is 0. The van der Waals surface area contributed by atoms with Crippen molar-refractivity contribution in [2.24, 2.45) is 0 Å². The van der Waals surface area contributed by atoms with Crippen LogP contribution in [0.15, 0.2) is 28.1 Å². The summed E-state index contributed by atoms with van der Waals surface area (Å²) in [6, 6.07) is 7.95. The number of halogens is 3. The minimum atomic E-state index is -0.109. The minimum absolute atomic E-state index is 0.109. The predicted molar refractivity (Wildman–Crippen MR) is 80.6 cm³/mol. The molecule has 1 aromatic carbocycles. The maximum absolute atomic E-state index is 6.52. The smallest absolute Gasteiger partial charge is 0.0930 e. The molecule has 0 aliphatic carbocycles. The molecule has 0 bridgehead atoms. The lowest BCUT2D eigenvalue weighted by molar-refractivity contribution is 1.14. The van der Waals surface area contributed by atoms with E-state index >= 15 is 0 Å². The lowest BCUT2D eigenvalue weighted by Crippen LogP contribution is -1.93. The van der Waals surface area contributed by atoms with Crippen LogP contribution in [0.25, 0.3) is 0 Å². The number of hydrogen-bond donors (Lipinski definition) is 0. The first-order valence-electron chi connectivity index (χ1n) is 5.15. The fourth-order valence-electron chi connectivity index (χ4n) is 1.69. The van der Waals surface area contributed by atoms with Gasteiger partial charge in [0.25, 0.3) is 0 Å². The van der Waals surface area contributed by atoms with E-state index in [0.29, 0.717) is 0 Å². The SMILES string of the molecule is Cc1cc(Cl)ccc1C(Cl)c1cc(C)c(Br)s1. The lowest BCUT2D eigenvalue weighted by atomic mass is 10.0. The first-order chi connectivity index (χ1) is 7.99. The first-order valence-corrected chi connectivity index (χ1v) is 7.57. The molecule has 0 radical (unpaired) electrons. The average Bonchev–Trinajstić information content (AvgIpc) is 2.58. The topological polar surface area (TPSA) is 0 Å². The molecular weight excluding hydrogens is 339 g/mol. The molecule has 0 saturated heterocycles. The Morgan fingerprint density at radius 1 is 1.18 bits per heavy atom. The van der Waals surface area contributed by atoms with Crippen LogP contribution in [0.2, 0.25) is 5.02 Å². The molecular formula is C13H11BrCl2S. The number of alkyl halides is 1. The molecule has 0 aliphatic rings. The molecule has 17 heavy (non-hydrogen) atoms. The van der Waals surface area contributed by atoms with Crippen LogP contribution in [-0.2, 0) is 0 Å². The normalized spacial score (nSPS) is 12.8. The van der Waals surface area contributed by atoms with Crippen molar-refractivity contribution in [2.45, 2.75) is 19.2 Å². The Labute approximate surface area is 124 Å². The van der Waals surface area contributed by atoms with Gasteiger partial charge in [-0.1, -0.05) is 17.7 Å². The predicted octanol–water partition coefficient (Wildman–Crippen LogP) is 6.11. The van der Waals surface area contributed by atoms with Crippen LogP contribution in [0.1, 0.15) is 26.9 Å².